The Balaban J connectivity index is 2.14. The molecule has 0 aliphatic rings. The molecule has 0 unspecified atom stereocenters. The van der Waals surface area contributed by atoms with Gasteiger partial charge in [0.05, 0.1) is 6.42 Å². The van der Waals surface area contributed by atoms with Gasteiger partial charge in [-0.25, -0.2) is 4.98 Å². The van der Waals surface area contributed by atoms with E-state index in [4.69, 9.17) is 5.73 Å². The molecule has 0 atom stereocenters. The number of nitrogens with two attached hydrogens (primary N) is 1. The number of hydrogen-bond acceptors (Lipinski definition) is 3. The van der Waals surface area contributed by atoms with E-state index in [0.29, 0.717) is 6.42 Å². The third-order valence-corrected chi connectivity index (χ3v) is 2.18. The van der Waals surface area contributed by atoms with Crippen molar-refractivity contribution in [2.24, 2.45) is 0 Å². The fourth-order valence-electron chi connectivity index (χ4n) is 1.46. The molecule has 3 N–H and O–H groups in total. The van der Waals surface area contributed by atoms with Crippen molar-refractivity contribution in [2.45, 2.75) is 13.3 Å². The van der Waals surface area contributed by atoms with Gasteiger partial charge in [0, 0.05) is 24.3 Å². The zero-order valence-corrected chi connectivity index (χ0v) is 8.40. The first-order chi connectivity index (χ1) is 7.16. The van der Waals surface area contributed by atoms with Crippen LogP contribution in [0, 0.1) is 6.92 Å². The van der Waals surface area contributed by atoms with Gasteiger partial charge in [0.1, 0.15) is 0 Å². The lowest BCUT2D eigenvalue weighted by Crippen LogP contribution is -2.14. The van der Waals surface area contributed by atoms with E-state index in [1.807, 2.05) is 19.2 Å². The summed E-state index contributed by atoms with van der Waals surface area (Å²) >= 11 is 0. The maximum atomic E-state index is 11.7. The van der Waals surface area contributed by atoms with Gasteiger partial charge in [-0.2, -0.15) is 0 Å². The van der Waals surface area contributed by atoms with E-state index in [0.717, 1.165) is 11.3 Å². The van der Waals surface area contributed by atoms with Crippen LogP contribution >= 0.6 is 0 Å². The summed E-state index contributed by atoms with van der Waals surface area (Å²) in [6, 6.07) is 1.94. The molecule has 2 rings (SSSR count). The Kier molecular flexibility index (Phi) is 2.29. The van der Waals surface area contributed by atoms with Crippen LogP contribution in [0.4, 0.5) is 5.95 Å². The summed E-state index contributed by atoms with van der Waals surface area (Å²) in [5.41, 5.74) is 7.51. The fourth-order valence-corrected chi connectivity index (χ4v) is 1.46. The van der Waals surface area contributed by atoms with Crippen LogP contribution in [-0.4, -0.2) is 20.4 Å². The SMILES string of the molecule is Cc1cc(CC(=O)n2ccnc2N)c[nH]1. The second kappa shape index (κ2) is 3.61. The second-order valence-electron chi connectivity index (χ2n) is 3.42. The lowest BCUT2D eigenvalue weighted by Gasteiger charge is -2.00. The summed E-state index contributed by atoms with van der Waals surface area (Å²) in [4.78, 5) is 18.6. The molecular formula is C10H12N4O. The fraction of sp³-hybridized carbons (Fsp3) is 0.200. The molecule has 0 aliphatic carbocycles. The van der Waals surface area contributed by atoms with Gasteiger partial charge in [0.25, 0.3) is 0 Å². The predicted molar refractivity (Wildman–Crippen MR) is 56.5 cm³/mol. The Morgan fingerprint density at radius 2 is 2.47 bits per heavy atom. The highest BCUT2D eigenvalue weighted by molar-refractivity contribution is 5.83. The lowest BCUT2D eigenvalue weighted by atomic mass is 10.2. The minimum atomic E-state index is -0.0796. The Hall–Kier alpha value is -2.04. The van der Waals surface area contributed by atoms with Gasteiger partial charge < -0.3 is 10.7 Å². The number of aromatic nitrogens is 3. The smallest absolute Gasteiger partial charge is 0.237 e. The average molecular weight is 204 g/mol. The van der Waals surface area contributed by atoms with Gasteiger partial charge in [0.15, 0.2) is 0 Å². The number of nitrogen functional groups attached to an aromatic ring is 1. The molecule has 0 bridgehead atoms. The summed E-state index contributed by atoms with van der Waals surface area (Å²) in [6.45, 7) is 1.94. The highest BCUT2D eigenvalue weighted by Gasteiger charge is 2.09. The molecule has 0 spiro atoms. The largest absolute Gasteiger partial charge is 0.369 e. The molecule has 5 nitrogen and oxygen atoms in total. The van der Waals surface area contributed by atoms with Gasteiger partial charge in [0.2, 0.25) is 11.9 Å². The third-order valence-electron chi connectivity index (χ3n) is 2.18. The molecular weight excluding hydrogens is 192 g/mol. The summed E-state index contributed by atoms with van der Waals surface area (Å²) in [5.74, 6) is 0.149. The molecule has 0 amide bonds. The second-order valence-corrected chi connectivity index (χ2v) is 3.42. The van der Waals surface area contributed by atoms with Crippen LogP contribution in [0.5, 0.6) is 0 Å². The maximum Gasteiger partial charge on any atom is 0.237 e. The van der Waals surface area contributed by atoms with E-state index in [-0.39, 0.29) is 11.9 Å². The van der Waals surface area contributed by atoms with Crippen molar-refractivity contribution in [3.05, 3.63) is 35.9 Å². The number of carbonyl (C=O) groups excluding carboxylic acids is 1. The van der Waals surface area contributed by atoms with Gasteiger partial charge >= 0.3 is 0 Å². The third kappa shape index (κ3) is 1.90. The first-order valence-corrected chi connectivity index (χ1v) is 4.63. The standard InChI is InChI=1S/C10H12N4O/c1-7-4-8(6-13-7)5-9(15)14-3-2-12-10(14)11/h2-4,6,13H,5H2,1H3,(H2,11,12). The van der Waals surface area contributed by atoms with Crippen LogP contribution in [0.25, 0.3) is 0 Å². The van der Waals surface area contributed by atoms with Gasteiger partial charge in [-0.1, -0.05) is 0 Å². The van der Waals surface area contributed by atoms with Gasteiger partial charge in [-0.05, 0) is 18.6 Å². The molecule has 78 valence electrons. The van der Waals surface area contributed by atoms with Gasteiger partial charge in [-0.15, -0.1) is 0 Å². The van der Waals surface area contributed by atoms with Crippen LogP contribution < -0.4 is 5.73 Å². The number of H-pyrrole nitrogens is 1. The van der Waals surface area contributed by atoms with E-state index in [1.165, 1.54) is 10.8 Å². The van der Waals surface area contributed by atoms with Crippen molar-refractivity contribution < 1.29 is 4.79 Å². The van der Waals surface area contributed by atoms with Crippen molar-refractivity contribution >= 4 is 11.9 Å². The molecule has 2 heterocycles. The van der Waals surface area contributed by atoms with Crippen LogP contribution in [0.15, 0.2) is 24.7 Å². The minimum Gasteiger partial charge on any atom is -0.369 e. The number of hydrogen-bond donors (Lipinski definition) is 2. The Labute approximate surface area is 86.9 Å². The van der Waals surface area contributed by atoms with Crippen molar-refractivity contribution in [2.75, 3.05) is 5.73 Å². The topological polar surface area (TPSA) is 76.7 Å². The first-order valence-electron chi connectivity index (χ1n) is 4.63. The van der Waals surface area contributed by atoms with Crippen molar-refractivity contribution in [1.82, 2.24) is 14.5 Å². The summed E-state index contributed by atoms with van der Waals surface area (Å²) in [6.07, 6.45) is 5.22. The predicted octanol–water partition coefficient (Wildman–Crippen LogP) is 0.985. The van der Waals surface area contributed by atoms with E-state index in [9.17, 15) is 4.79 Å². The summed E-state index contributed by atoms with van der Waals surface area (Å²) < 4.78 is 1.35. The van der Waals surface area contributed by atoms with E-state index in [2.05, 4.69) is 9.97 Å². The number of carbonyl (C=O) groups is 1. The molecule has 0 radical (unpaired) electrons. The molecule has 0 aliphatic heterocycles. The van der Waals surface area contributed by atoms with E-state index in [1.54, 1.807) is 6.20 Å². The first kappa shape index (κ1) is 9.51. The normalized spacial score (nSPS) is 10.5. The number of nitrogens with zero attached hydrogens (tertiary/aromatic N) is 2. The zero-order valence-electron chi connectivity index (χ0n) is 8.40. The molecule has 2 aromatic rings. The number of rotatable bonds is 2. The zero-order chi connectivity index (χ0) is 10.8. The van der Waals surface area contributed by atoms with Crippen LogP contribution in [0.2, 0.25) is 0 Å². The molecule has 0 fully saturated rings. The van der Waals surface area contributed by atoms with Crippen LogP contribution in [0.3, 0.4) is 0 Å². The Morgan fingerprint density at radius 1 is 1.67 bits per heavy atom. The van der Waals surface area contributed by atoms with E-state index < -0.39 is 0 Å². The number of anilines is 1. The number of aromatic amines is 1. The molecule has 5 heteroatoms. The molecule has 2 aromatic heterocycles. The van der Waals surface area contributed by atoms with Crippen LogP contribution in [-0.2, 0) is 6.42 Å². The van der Waals surface area contributed by atoms with Crippen molar-refractivity contribution in [1.29, 1.82) is 0 Å². The summed E-state index contributed by atoms with van der Waals surface area (Å²) in [5, 5.41) is 0. The van der Waals surface area contributed by atoms with Crippen LogP contribution in [0.1, 0.15) is 16.1 Å². The highest BCUT2D eigenvalue weighted by atomic mass is 16.2. The van der Waals surface area contributed by atoms with Gasteiger partial charge in [-0.3, -0.25) is 9.36 Å². The van der Waals surface area contributed by atoms with Crippen molar-refractivity contribution in [3.63, 3.8) is 0 Å². The maximum absolute atomic E-state index is 11.7. The Bertz CT molecular complexity index is 483. The molecule has 15 heavy (non-hydrogen) atoms. The number of aryl methyl sites for hydroxylation is 1. The van der Waals surface area contributed by atoms with E-state index >= 15 is 0 Å². The molecule has 0 saturated carbocycles. The average Bonchev–Trinajstić information content (AvgIpc) is 2.75. The summed E-state index contributed by atoms with van der Waals surface area (Å²) in [7, 11) is 0. The number of nitrogens with one attached hydrogen (secondary N) is 1. The highest BCUT2D eigenvalue weighted by Crippen LogP contribution is 2.06. The van der Waals surface area contributed by atoms with Crippen molar-refractivity contribution in [3.8, 4) is 0 Å². The molecule has 0 aromatic carbocycles. The minimum absolute atomic E-state index is 0.0796. The monoisotopic (exact) mass is 204 g/mol. The quantitative estimate of drug-likeness (QED) is 0.765. The Morgan fingerprint density at radius 3 is 3.00 bits per heavy atom. The number of imidazole rings is 1. The molecule has 0 saturated heterocycles. The lowest BCUT2D eigenvalue weighted by molar-refractivity contribution is 0.0917.